The van der Waals surface area contributed by atoms with Crippen LogP contribution < -0.4 is 20.9 Å². The number of aromatic hydroxyl groups is 1. The van der Waals surface area contributed by atoms with Crippen molar-refractivity contribution in [3.63, 3.8) is 0 Å². The van der Waals surface area contributed by atoms with E-state index in [4.69, 9.17) is 9.47 Å². The molecule has 0 saturated carbocycles. The van der Waals surface area contributed by atoms with Gasteiger partial charge in [0.05, 0.1) is 24.3 Å². The van der Waals surface area contributed by atoms with Gasteiger partial charge < -0.3 is 40.2 Å². The number of carbonyl (C=O) groups is 2. The molecule has 1 aromatic heterocycles. The number of hydrogen-bond donors (Lipinski definition) is 5. The fourth-order valence-electron chi connectivity index (χ4n) is 8.60. The highest BCUT2D eigenvalue weighted by Gasteiger charge is 2.37. The first-order chi connectivity index (χ1) is 28.3. The Bertz CT molecular complexity index is 2250. The molecule has 5 N–H and O–H groups in total. The van der Waals surface area contributed by atoms with Crippen molar-refractivity contribution in [1.82, 2.24) is 25.4 Å². The highest BCUT2D eigenvalue weighted by molar-refractivity contribution is 5.94. The van der Waals surface area contributed by atoms with Gasteiger partial charge in [-0.1, -0.05) is 60.7 Å². The Morgan fingerprint density at radius 1 is 0.845 bits per heavy atom. The van der Waals surface area contributed by atoms with Gasteiger partial charge in [0.1, 0.15) is 17.6 Å². The molecule has 5 heterocycles. The van der Waals surface area contributed by atoms with Crippen LogP contribution in [0.2, 0.25) is 0 Å². The molecule has 4 aromatic carbocycles. The molecule has 12 nitrogen and oxygen atoms in total. The first-order valence-corrected chi connectivity index (χ1v) is 20.4. The van der Waals surface area contributed by atoms with E-state index in [2.05, 4.69) is 20.5 Å². The number of rotatable bonds is 13. The second kappa shape index (κ2) is 17.8. The number of phenols is 1. The summed E-state index contributed by atoms with van der Waals surface area (Å²) >= 11 is 0. The normalized spacial score (nSPS) is 20.4. The number of piperidine rings is 4. The smallest absolute Gasteiger partial charge is 0.408 e. The third kappa shape index (κ3) is 9.20. The summed E-state index contributed by atoms with van der Waals surface area (Å²) in [5.74, 6) is 1.42. The number of alkyl carbamates (subject to hydrolysis) is 1. The van der Waals surface area contributed by atoms with E-state index in [0.717, 1.165) is 67.8 Å². The van der Waals surface area contributed by atoms with Crippen molar-refractivity contribution in [3.05, 3.63) is 141 Å². The highest BCUT2D eigenvalue weighted by atomic mass is 16.6. The van der Waals surface area contributed by atoms with Crippen molar-refractivity contribution in [3.8, 4) is 11.5 Å². The lowest BCUT2D eigenvalue weighted by Crippen LogP contribution is -2.52. The van der Waals surface area contributed by atoms with E-state index in [9.17, 15) is 24.6 Å². The summed E-state index contributed by atoms with van der Waals surface area (Å²) in [5, 5.41) is 28.0. The molecule has 1 unspecified atom stereocenters. The standard InChI is InChI=1S/C46H51N5O7/c52-39-15-13-37(38-14-16-42(54)48-44(38)39)40(53)27-47-26-30-9-11-34(12-10-30)45(55)51-23-17-31(18-24-51)29-57-36-8-4-7-35(25-36)43(33-5-2-1-3-6-33)49-46(56)58-41-28-50-21-19-32(41)20-22-50/h1-16,25,31-32,40-41,43,47,52-53H,17-24,26-29H2,(H,48,54)(H,49,56)/t40-,41+,43?/m1/s1. The maximum absolute atomic E-state index is 13.4. The second-order valence-corrected chi connectivity index (χ2v) is 15.8. The molecule has 5 aromatic rings. The summed E-state index contributed by atoms with van der Waals surface area (Å²) in [5.41, 5.74) is 4.05. The number of aliphatic hydroxyl groups is 1. The van der Waals surface area contributed by atoms with Crippen molar-refractivity contribution in [1.29, 1.82) is 0 Å². The molecular formula is C46H51N5O7. The monoisotopic (exact) mass is 785 g/mol. The number of fused-ring (bicyclic) bond motifs is 4. The number of aromatic nitrogens is 1. The van der Waals surface area contributed by atoms with Crippen LogP contribution in [0.1, 0.15) is 70.4 Å². The Morgan fingerprint density at radius 3 is 2.34 bits per heavy atom. The largest absolute Gasteiger partial charge is 0.506 e. The number of hydrogen-bond acceptors (Lipinski definition) is 9. The molecule has 0 spiro atoms. The summed E-state index contributed by atoms with van der Waals surface area (Å²) < 4.78 is 12.3. The zero-order valence-electron chi connectivity index (χ0n) is 32.5. The number of carbonyl (C=O) groups excluding carboxylic acids is 2. The number of likely N-dealkylation sites (tertiary alicyclic amines) is 1. The van der Waals surface area contributed by atoms with Gasteiger partial charge in [-0.05, 0) is 109 Å². The summed E-state index contributed by atoms with van der Waals surface area (Å²) in [6.07, 6.45) is 2.49. The van der Waals surface area contributed by atoms with Gasteiger partial charge in [0.25, 0.3) is 5.91 Å². The van der Waals surface area contributed by atoms with Gasteiger partial charge in [0, 0.05) is 49.7 Å². The number of benzene rings is 4. The number of phenolic OH excluding ortho intramolecular Hbond substituents is 1. The minimum Gasteiger partial charge on any atom is -0.506 e. The molecule has 12 heteroatoms. The van der Waals surface area contributed by atoms with Gasteiger partial charge in [-0.3, -0.25) is 14.5 Å². The Labute approximate surface area is 337 Å². The fourth-order valence-corrected chi connectivity index (χ4v) is 8.60. The van der Waals surface area contributed by atoms with E-state index >= 15 is 0 Å². The maximum atomic E-state index is 13.4. The molecule has 2 amide bonds. The average Bonchev–Trinajstić information content (AvgIpc) is 3.26. The van der Waals surface area contributed by atoms with Crippen LogP contribution in [0.5, 0.6) is 11.5 Å². The number of H-pyrrole nitrogens is 1. The van der Waals surface area contributed by atoms with Crippen molar-refractivity contribution in [2.24, 2.45) is 11.8 Å². The molecule has 302 valence electrons. The number of aliphatic hydroxyl groups excluding tert-OH is 1. The third-order valence-electron chi connectivity index (χ3n) is 12.0. The Kier molecular flexibility index (Phi) is 12.0. The van der Waals surface area contributed by atoms with Crippen molar-refractivity contribution < 1.29 is 29.3 Å². The van der Waals surface area contributed by atoms with Gasteiger partial charge in [0.15, 0.2) is 0 Å². The molecule has 2 bridgehead atoms. The lowest BCUT2D eigenvalue weighted by molar-refractivity contribution is -0.0336. The van der Waals surface area contributed by atoms with E-state index in [0.29, 0.717) is 60.1 Å². The van der Waals surface area contributed by atoms with Crippen LogP contribution in [0, 0.1) is 11.8 Å². The van der Waals surface area contributed by atoms with Gasteiger partial charge in [-0.2, -0.15) is 0 Å². The van der Waals surface area contributed by atoms with Crippen LogP contribution in [-0.4, -0.2) is 89.0 Å². The lowest BCUT2D eigenvalue weighted by atomic mass is 9.86. The predicted molar refractivity (Wildman–Crippen MR) is 221 cm³/mol. The van der Waals surface area contributed by atoms with Gasteiger partial charge in [-0.15, -0.1) is 0 Å². The van der Waals surface area contributed by atoms with Crippen LogP contribution in [0.25, 0.3) is 10.9 Å². The van der Waals surface area contributed by atoms with Gasteiger partial charge in [-0.25, -0.2) is 4.79 Å². The lowest BCUT2D eigenvalue weighted by Gasteiger charge is -2.43. The zero-order valence-corrected chi connectivity index (χ0v) is 32.5. The maximum Gasteiger partial charge on any atom is 0.408 e. The number of ether oxygens (including phenoxy) is 2. The van der Waals surface area contributed by atoms with E-state index in [1.165, 1.54) is 12.1 Å². The number of amides is 2. The molecule has 4 aliphatic rings. The van der Waals surface area contributed by atoms with Crippen LogP contribution in [0.15, 0.2) is 108 Å². The number of nitrogens with one attached hydrogen (secondary N) is 3. The minimum absolute atomic E-state index is 0.00531. The summed E-state index contributed by atoms with van der Waals surface area (Å²) in [6.45, 7) is 5.56. The van der Waals surface area contributed by atoms with Crippen molar-refractivity contribution in [2.75, 3.05) is 45.9 Å². The third-order valence-corrected chi connectivity index (χ3v) is 12.0. The van der Waals surface area contributed by atoms with Crippen molar-refractivity contribution >= 4 is 22.9 Å². The van der Waals surface area contributed by atoms with E-state index in [1.54, 1.807) is 12.1 Å². The molecule has 3 atom stereocenters. The van der Waals surface area contributed by atoms with E-state index in [1.807, 2.05) is 83.8 Å². The van der Waals surface area contributed by atoms with E-state index < -0.39 is 18.2 Å². The summed E-state index contributed by atoms with van der Waals surface area (Å²) in [7, 11) is 0. The molecule has 0 radical (unpaired) electrons. The Hall–Kier alpha value is -5.69. The summed E-state index contributed by atoms with van der Waals surface area (Å²) in [6, 6.07) is 31.0. The van der Waals surface area contributed by atoms with Crippen LogP contribution in [0.3, 0.4) is 0 Å². The molecule has 4 saturated heterocycles. The topological polar surface area (TPSA) is 156 Å². The fraction of sp³-hybridized carbons (Fsp3) is 0.370. The molecule has 4 fully saturated rings. The van der Waals surface area contributed by atoms with Crippen LogP contribution >= 0.6 is 0 Å². The minimum atomic E-state index is -0.862. The molecule has 58 heavy (non-hydrogen) atoms. The van der Waals surface area contributed by atoms with Gasteiger partial charge >= 0.3 is 6.09 Å². The molecule has 4 aliphatic heterocycles. The SMILES string of the molecule is O=C(NC(c1ccccc1)c1cccc(OCC2CCN(C(=O)c3ccc(CNC[C@@H](O)c4ccc(O)c5[nH]c(=O)ccc45)cc3)CC2)c1)O[C@H]1CN2CCC1CC2. The summed E-state index contributed by atoms with van der Waals surface area (Å²) in [4.78, 5) is 45.3. The Balaban J connectivity index is 0.800. The second-order valence-electron chi connectivity index (χ2n) is 15.8. The predicted octanol–water partition coefficient (Wildman–Crippen LogP) is 5.90. The number of aromatic amines is 1. The number of nitrogens with zero attached hydrogens (tertiary/aromatic N) is 2. The first-order valence-electron chi connectivity index (χ1n) is 20.4. The quantitative estimate of drug-likeness (QED) is 0.0982. The van der Waals surface area contributed by atoms with Crippen LogP contribution in [0.4, 0.5) is 4.79 Å². The molecular weight excluding hydrogens is 735 g/mol. The zero-order chi connectivity index (χ0) is 40.0. The van der Waals surface area contributed by atoms with E-state index in [-0.39, 0.29) is 29.9 Å². The molecule has 9 rings (SSSR count). The number of pyridine rings is 1. The Morgan fingerprint density at radius 2 is 1.60 bits per heavy atom. The molecule has 0 aliphatic carbocycles. The first kappa shape index (κ1) is 39.2. The van der Waals surface area contributed by atoms with Gasteiger partial charge in [0.2, 0.25) is 5.56 Å². The van der Waals surface area contributed by atoms with Crippen molar-refractivity contribution in [2.45, 2.75) is 50.5 Å². The highest BCUT2D eigenvalue weighted by Crippen LogP contribution is 2.32. The van der Waals surface area contributed by atoms with Crippen LogP contribution in [-0.2, 0) is 11.3 Å². The average molecular weight is 786 g/mol.